The molecule has 32 heavy (non-hydrogen) atoms. The number of hydrogen-bond donors (Lipinski definition) is 3. The number of halogens is 2. The van der Waals surface area contributed by atoms with Gasteiger partial charge in [0.05, 0.1) is 22.1 Å². The van der Waals surface area contributed by atoms with Crippen LogP contribution in [0.2, 0.25) is 0 Å². The second kappa shape index (κ2) is 10.4. The monoisotopic (exact) mass is 516 g/mol. The topological polar surface area (TPSA) is 95.5 Å². The number of nitrogens with one attached hydrogen (secondary N) is 2. The van der Waals surface area contributed by atoms with E-state index < -0.39 is 22.9 Å². The van der Waals surface area contributed by atoms with Gasteiger partial charge in [-0.25, -0.2) is 9.18 Å². The highest BCUT2D eigenvalue weighted by atomic mass is 79.9. The third kappa shape index (κ3) is 5.95. The van der Waals surface area contributed by atoms with E-state index in [2.05, 4.69) is 26.6 Å². The van der Waals surface area contributed by atoms with E-state index in [9.17, 15) is 23.9 Å². The number of rotatable bonds is 7. The zero-order chi connectivity index (χ0) is 23.3. The normalized spacial score (nSPS) is 11.5. The average molecular weight is 517 g/mol. The van der Waals surface area contributed by atoms with Gasteiger partial charge in [0.1, 0.15) is 5.82 Å². The van der Waals surface area contributed by atoms with Crippen LogP contribution >= 0.6 is 27.7 Å². The number of benzene rings is 3. The van der Waals surface area contributed by atoms with Gasteiger partial charge < -0.3 is 15.7 Å². The first kappa shape index (κ1) is 23.5. The van der Waals surface area contributed by atoms with Gasteiger partial charge in [-0.05, 0) is 55.5 Å². The van der Waals surface area contributed by atoms with Crippen molar-refractivity contribution < 1.29 is 23.9 Å². The molecule has 3 aromatic carbocycles. The smallest absolute Gasteiger partial charge is 0.336 e. The fourth-order valence-electron chi connectivity index (χ4n) is 2.80. The van der Waals surface area contributed by atoms with Gasteiger partial charge in [0.2, 0.25) is 5.91 Å². The Labute approximate surface area is 196 Å². The van der Waals surface area contributed by atoms with Crippen molar-refractivity contribution in [3.05, 3.63) is 88.1 Å². The first-order valence-electron chi connectivity index (χ1n) is 9.41. The summed E-state index contributed by atoms with van der Waals surface area (Å²) in [5.41, 5.74) is 0.485. The minimum Gasteiger partial charge on any atom is -0.478 e. The van der Waals surface area contributed by atoms with E-state index in [0.717, 1.165) is 0 Å². The predicted molar refractivity (Wildman–Crippen MR) is 126 cm³/mol. The van der Waals surface area contributed by atoms with Crippen molar-refractivity contribution in [1.82, 2.24) is 0 Å². The van der Waals surface area contributed by atoms with Gasteiger partial charge in [-0.15, -0.1) is 11.8 Å². The molecule has 0 aliphatic carbocycles. The number of anilines is 2. The molecule has 0 radical (unpaired) electrons. The highest BCUT2D eigenvalue weighted by Crippen LogP contribution is 2.28. The highest BCUT2D eigenvalue weighted by molar-refractivity contribution is 9.10. The van der Waals surface area contributed by atoms with E-state index in [1.807, 2.05) is 0 Å². The number of thioether (sulfide) groups is 1. The Hall–Kier alpha value is -3.17. The number of hydrogen-bond acceptors (Lipinski definition) is 4. The highest BCUT2D eigenvalue weighted by Gasteiger charge is 2.18. The molecule has 3 N–H and O–H groups in total. The van der Waals surface area contributed by atoms with Crippen molar-refractivity contribution in [1.29, 1.82) is 0 Å². The largest absolute Gasteiger partial charge is 0.478 e. The number of aromatic carboxylic acids is 1. The molecule has 0 fully saturated rings. The molecule has 0 saturated heterocycles. The fraction of sp³-hybridized carbons (Fsp3) is 0.0870. The molecule has 0 aliphatic rings. The standard InChI is InChI=1S/C23H18BrFN2O4S/c1-13(21(28)27-20-10-9-14(24)11-19(20)25)32-16-6-4-5-15(12-16)26-22(29)17-7-2-3-8-18(17)23(30)31/h2-13H,1H3,(H,26,29)(H,27,28)(H,30,31). The van der Waals surface area contributed by atoms with Crippen LogP contribution in [0, 0.1) is 5.82 Å². The molecular weight excluding hydrogens is 499 g/mol. The van der Waals surface area contributed by atoms with Gasteiger partial charge in [0.25, 0.3) is 5.91 Å². The van der Waals surface area contributed by atoms with Crippen molar-refractivity contribution >= 4 is 56.9 Å². The maximum absolute atomic E-state index is 14.0. The fourth-order valence-corrected chi connectivity index (χ4v) is 4.06. The van der Waals surface area contributed by atoms with Crippen LogP contribution < -0.4 is 10.6 Å². The molecule has 0 heterocycles. The number of carboxylic acid groups (broad SMARTS) is 1. The zero-order valence-electron chi connectivity index (χ0n) is 16.8. The summed E-state index contributed by atoms with van der Waals surface area (Å²) in [6.07, 6.45) is 0. The second-order valence-electron chi connectivity index (χ2n) is 6.71. The maximum Gasteiger partial charge on any atom is 0.336 e. The third-order valence-electron chi connectivity index (χ3n) is 4.37. The minimum atomic E-state index is -1.19. The van der Waals surface area contributed by atoms with Crippen molar-refractivity contribution in [2.45, 2.75) is 17.1 Å². The Morgan fingerprint density at radius 3 is 2.38 bits per heavy atom. The van der Waals surface area contributed by atoms with Crippen LogP contribution in [-0.4, -0.2) is 28.1 Å². The Kier molecular flexibility index (Phi) is 7.66. The van der Waals surface area contributed by atoms with E-state index in [4.69, 9.17) is 0 Å². The van der Waals surface area contributed by atoms with Crippen molar-refractivity contribution in [2.24, 2.45) is 0 Å². The summed E-state index contributed by atoms with van der Waals surface area (Å²) in [5, 5.41) is 14.0. The molecular formula is C23H18BrFN2O4S. The molecule has 1 unspecified atom stereocenters. The lowest BCUT2D eigenvalue weighted by molar-refractivity contribution is -0.115. The van der Waals surface area contributed by atoms with Crippen molar-refractivity contribution in [2.75, 3.05) is 10.6 Å². The lowest BCUT2D eigenvalue weighted by Crippen LogP contribution is -2.23. The molecule has 0 aromatic heterocycles. The number of carbonyl (C=O) groups is 3. The Morgan fingerprint density at radius 1 is 0.969 bits per heavy atom. The summed E-state index contributed by atoms with van der Waals surface area (Å²) in [6.45, 7) is 1.69. The van der Waals surface area contributed by atoms with Crippen LogP contribution in [0.3, 0.4) is 0 Å². The van der Waals surface area contributed by atoms with E-state index in [-0.39, 0.29) is 22.7 Å². The Balaban J connectivity index is 1.67. The van der Waals surface area contributed by atoms with Gasteiger partial charge in [-0.2, -0.15) is 0 Å². The molecule has 2 amide bonds. The van der Waals surface area contributed by atoms with Crippen LogP contribution in [0.25, 0.3) is 0 Å². The lowest BCUT2D eigenvalue weighted by Gasteiger charge is -2.14. The first-order chi connectivity index (χ1) is 15.2. The van der Waals surface area contributed by atoms with E-state index in [0.29, 0.717) is 15.1 Å². The first-order valence-corrected chi connectivity index (χ1v) is 11.1. The molecule has 3 rings (SSSR count). The summed E-state index contributed by atoms with van der Waals surface area (Å²) < 4.78 is 14.5. The van der Waals surface area contributed by atoms with E-state index >= 15 is 0 Å². The molecule has 1 atom stereocenters. The van der Waals surface area contributed by atoms with Crippen LogP contribution in [-0.2, 0) is 4.79 Å². The van der Waals surface area contributed by atoms with Gasteiger partial charge in [0.15, 0.2) is 0 Å². The Bertz CT molecular complexity index is 1190. The molecule has 0 spiro atoms. The zero-order valence-corrected chi connectivity index (χ0v) is 19.2. The number of carboxylic acids is 1. The molecule has 9 heteroatoms. The SMILES string of the molecule is CC(Sc1cccc(NC(=O)c2ccccc2C(=O)O)c1)C(=O)Nc1ccc(Br)cc1F. The lowest BCUT2D eigenvalue weighted by atomic mass is 10.1. The molecule has 6 nitrogen and oxygen atoms in total. The number of amides is 2. The predicted octanol–water partition coefficient (Wildman–Crippen LogP) is 5.66. The molecule has 0 bridgehead atoms. The third-order valence-corrected chi connectivity index (χ3v) is 5.95. The summed E-state index contributed by atoms with van der Waals surface area (Å²) in [4.78, 5) is 37.1. The molecule has 3 aromatic rings. The minimum absolute atomic E-state index is 0.0438. The van der Waals surface area contributed by atoms with Crippen LogP contribution in [0.4, 0.5) is 15.8 Å². The van der Waals surface area contributed by atoms with E-state index in [1.54, 1.807) is 49.4 Å². The van der Waals surface area contributed by atoms with Gasteiger partial charge in [0, 0.05) is 15.1 Å². The summed E-state index contributed by atoms with van der Waals surface area (Å²) in [6, 6.07) is 17.1. The van der Waals surface area contributed by atoms with Crippen LogP contribution in [0.15, 0.2) is 76.1 Å². The summed E-state index contributed by atoms with van der Waals surface area (Å²) >= 11 is 4.41. The van der Waals surface area contributed by atoms with Crippen LogP contribution in [0.1, 0.15) is 27.6 Å². The van der Waals surface area contributed by atoms with Gasteiger partial charge in [-0.1, -0.05) is 34.1 Å². The maximum atomic E-state index is 14.0. The summed E-state index contributed by atoms with van der Waals surface area (Å²) in [5.74, 6) is -2.67. The molecule has 0 aliphatic heterocycles. The van der Waals surface area contributed by atoms with Crippen molar-refractivity contribution in [3.8, 4) is 0 Å². The second-order valence-corrected chi connectivity index (χ2v) is 9.04. The molecule has 0 saturated carbocycles. The Morgan fingerprint density at radius 2 is 1.69 bits per heavy atom. The van der Waals surface area contributed by atoms with E-state index in [1.165, 1.54) is 36.0 Å². The van der Waals surface area contributed by atoms with Gasteiger partial charge >= 0.3 is 5.97 Å². The summed E-state index contributed by atoms with van der Waals surface area (Å²) in [7, 11) is 0. The average Bonchev–Trinajstić information content (AvgIpc) is 2.75. The number of carbonyl (C=O) groups excluding carboxylic acids is 2. The van der Waals surface area contributed by atoms with Crippen LogP contribution in [0.5, 0.6) is 0 Å². The van der Waals surface area contributed by atoms with Crippen molar-refractivity contribution in [3.63, 3.8) is 0 Å². The quantitative estimate of drug-likeness (QED) is 0.352. The van der Waals surface area contributed by atoms with Gasteiger partial charge in [-0.3, -0.25) is 9.59 Å². The molecule has 164 valence electrons.